The molecule has 1 amide bonds. The van der Waals surface area contributed by atoms with Gasteiger partial charge in [-0.15, -0.1) is 0 Å². The molecular weight excluding hydrogens is 258 g/mol. The van der Waals surface area contributed by atoms with Crippen LogP contribution in [0, 0.1) is 0 Å². The van der Waals surface area contributed by atoms with Crippen molar-refractivity contribution >= 4 is 28.8 Å². The second kappa shape index (κ2) is 4.95. The van der Waals surface area contributed by atoms with E-state index in [2.05, 4.69) is 30.6 Å². The Kier molecular flexibility index (Phi) is 3.47. The summed E-state index contributed by atoms with van der Waals surface area (Å²) in [7, 11) is 0. The van der Waals surface area contributed by atoms with Gasteiger partial charge in [0.15, 0.2) is 11.5 Å². The van der Waals surface area contributed by atoms with Crippen molar-refractivity contribution in [1.29, 1.82) is 0 Å². The first kappa shape index (κ1) is 14.0. The highest BCUT2D eigenvalue weighted by molar-refractivity contribution is 5.89. The molecule has 0 saturated carbocycles. The molecule has 0 bridgehead atoms. The predicted octanol–water partition coefficient (Wildman–Crippen LogP) is 0.650. The smallest absolute Gasteiger partial charge is 0.242 e. The number of imidazole rings is 1. The third kappa shape index (κ3) is 3.14. The highest BCUT2D eigenvalue weighted by Gasteiger charge is 2.20. The lowest BCUT2D eigenvalue weighted by Crippen LogP contribution is -2.47. The molecule has 20 heavy (non-hydrogen) atoms. The minimum absolute atomic E-state index is 0.107. The molecule has 2 heterocycles. The SMILES string of the molecule is CC(Nc1nc(N)nc2nc[nH]c12)C(=O)NC(C)(C)C. The number of carbonyl (C=O) groups excluding carboxylic acids is 1. The first-order valence-electron chi connectivity index (χ1n) is 6.31. The quantitative estimate of drug-likeness (QED) is 0.653. The maximum atomic E-state index is 12.0. The topological polar surface area (TPSA) is 122 Å². The largest absolute Gasteiger partial charge is 0.368 e. The molecule has 0 saturated heterocycles. The number of nitrogens with zero attached hydrogens (tertiary/aromatic N) is 3. The van der Waals surface area contributed by atoms with Gasteiger partial charge in [-0.3, -0.25) is 4.79 Å². The van der Waals surface area contributed by atoms with E-state index in [9.17, 15) is 4.79 Å². The molecule has 2 aromatic rings. The molecule has 1 unspecified atom stereocenters. The van der Waals surface area contributed by atoms with E-state index >= 15 is 0 Å². The molecule has 1 atom stereocenters. The summed E-state index contributed by atoms with van der Waals surface area (Å²) in [6.45, 7) is 7.52. The van der Waals surface area contributed by atoms with Gasteiger partial charge in [0.25, 0.3) is 0 Å². The van der Waals surface area contributed by atoms with E-state index in [0.29, 0.717) is 17.0 Å². The molecule has 0 aliphatic heterocycles. The van der Waals surface area contributed by atoms with E-state index in [4.69, 9.17) is 5.73 Å². The Morgan fingerprint density at radius 3 is 2.75 bits per heavy atom. The van der Waals surface area contributed by atoms with Gasteiger partial charge in [0.1, 0.15) is 11.6 Å². The lowest BCUT2D eigenvalue weighted by molar-refractivity contribution is -0.122. The number of H-pyrrole nitrogens is 1. The fourth-order valence-corrected chi connectivity index (χ4v) is 1.70. The van der Waals surface area contributed by atoms with Gasteiger partial charge in [-0.2, -0.15) is 9.97 Å². The number of carbonyl (C=O) groups is 1. The zero-order valence-corrected chi connectivity index (χ0v) is 12.0. The van der Waals surface area contributed by atoms with Gasteiger partial charge in [-0.05, 0) is 27.7 Å². The first-order valence-corrected chi connectivity index (χ1v) is 6.31. The van der Waals surface area contributed by atoms with Crippen molar-refractivity contribution in [2.45, 2.75) is 39.3 Å². The Morgan fingerprint density at radius 2 is 2.10 bits per heavy atom. The summed E-state index contributed by atoms with van der Waals surface area (Å²) in [4.78, 5) is 27.1. The zero-order valence-electron chi connectivity index (χ0n) is 12.0. The molecular formula is C12H19N7O. The molecule has 0 radical (unpaired) electrons. The van der Waals surface area contributed by atoms with Crippen molar-refractivity contribution in [3.63, 3.8) is 0 Å². The zero-order chi connectivity index (χ0) is 14.9. The number of rotatable bonds is 3. The van der Waals surface area contributed by atoms with Gasteiger partial charge in [-0.1, -0.05) is 0 Å². The van der Waals surface area contributed by atoms with Crippen molar-refractivity contribution in [1.82, 2.24) is 25.3 Å². The second-order valence-corrected chi connectivity index (χ2v) is 5.64. The maximum absolute atomic E-state index is 12.0. The summed E-state index contributed by atoms with van der Waals surface area (Å²) in [5.74, 6) is 0.444. The second-order valence-electron chi connectivity index (χ2n) is 5.64. The molecule has 0 aliphatic rings. The minimum atomic E-state index is -0.463. The number of nitrogens with two attached hydrogens (primary N) is 1. The lowest BCUT2D eigenvalue weighted by atomic mass is 10.1. The van der Waals surface area contributed by atoms with Crippen LogP contribution in [-0.4, -0.2) is 37.4 Å². The number of hydrogen-bond donors (Lipinski definition) is 4. The van der Waals surface area contributed by atoms with Crippen LogP contribution in [0.4, 0.5) is 11.8 Å². The fraction of sp³-hybridized carbons (Fsp3) is 0.500. The Labute approximate surface area is 116 Å². The average molecular weight is 277 g/mol. The molecule has 8 heteroatoms. The Bertz CT molecular complexity index is 628. The molecule has 0 aliphatic carbocycles. The van der Waals surface area contributed by atoms with Crippen molar-refractivity contribution in [3.8, 4) is 0 Å². The van der Waals surface area contributed by atoms with Crippen LogP contribution >= 0.6 is 0 Å². The standard InChI is InChI=1S/C12H19N7O/c1-6(10(20)19-12(2,3)4)16-9-7-8(15-5-14-7)17-11(13)18-9/h5-6H,1-4H3,(H,19,20)(H4,13,14,15,16,17,18). The summed E-state index contributed by atoms with van der Waals surface area (Å²) in [6, 6.07) is -0.463. The monoisotopic (exact) mass is 277 g/mol. The van der Waals surface area contributed by atoms with E-state index in [-0.39, 0.29) is 17.4 Å². The normalized spacial score (nSPS) is 13.2. The van der Waals surface area contributed by atoms with Crippen LogP contribution in [0.3, 0.4) is 0 Å². The van der Waals surface area contributed by atoms with E-state index in [1.165, 1.54) is 6.33 Å². The van der Waals surface area contributed by atoms with Crippen molar-refractivity contribution in [2.24, 2.45) is 0 Å². The summed E-state index contributed by atoms with van der Waals surface area (Å²) in [5, 5.41) is 5.91. The van der Waals surface area contributed by atoms with Crippen molar-refractivity contribution < 1.29 is 4.79 Å². The van der Waals surface area contributed by atoms with Crippen molar-refractivity contribution in [3.05, 3.63) is 6.33 Å². The van der Waals surface area contributed by atoms with Crippen LogP contribution in [0.2, 0.25) is 0 Å². The van der Waals surface area contributed by atoms with Gasteiger partial charge in [0.05, 0.1) is 6.33 Å². The third-order valence-electron chi connectivity index (χ3n) is 2.55. The number of aromatic nitrogens is 4. The molecule has 2 rings (SSSR count). The molecule has 108 valence electrons. The third-order valence-corrected chi connectivity index (χ3v) is 2.55. The summed E-state index contributed by atoms with van der Waals surface area (Å²) in [5.41, 5.74) is 6.41. The van der Waals surface area contributed by atoms with Crippen LogP contribution in [0.5, 0.6) is 0 Å². The number of nitrogen functional groups attached to an aromatic ring is 1. The van der Waals surface area contributed by atoms with Crippen LogP contribution in [-0.2, 0) is 4.79 Å². The van der Waals surface area contributed by atoms with Crippen LogP contribution in [0.15, 0.2) is 6.33 Å². The molecule has 0 fully saturated rings. The predicted molar refractivity (Wildman–Crippen MR) is 77.1 cm³/mol. The summed E-state index contributed by atoms with van der Waals surface area (Å²) >= 11 is 0. The number of anilines is 2. The Balaban J connectivity index is 2.19. The van der Waals surface area contributed by atoms with E-state index < -0.39 is 6.04 Å². The van der Waals surface area contributed by atoms with E-state index in [0.717, 1.165) is 0 Å². The molecule has 8 nitrogen and oxygen atoms in total. The van der Waals surface area contributed by atoms with Gasteiger partial charge in [0.2, 0.25) is 11.9 Å². The molecule has 2 aromatic heterocycles. The summed E-state index contributed by atoms with van der Waals surface area (Å²) < 4.78 is 0. The fourth-order valence-electron chi connectivity index (χ4n) is 1.70. The number of fused-ring (bicyclic) bond motifs is 1. The van der Waals surface area contributed by atoms with Crippen LogP contribution in [0.25, 0.3) is 11.2 Å². The van der Waals surface area contributed by atoms with Crippen LogP contribution in [0.1, 0.15) is 27.7 Å². The highest BCUT2D eigenvalue weighted by atomic mass is 16.2. The molecule has 0 aromatic carbocycles. The highest BCUT2D eigenvalue weighted by Crippen LogP contribution is 2.18. The molecule has 5 N–H and O–H groups in total. The summed E-state index contributed by atoms with van der Waals surface area (Å²) in [6.07, 6.45) is 1.50. The molecule has 0 spiro atoms. The van der Waals surface area contributed by atoms with Gasteiger partial charge in [0, 0.05) is 5.54 Å². The number of hydrogen-bond acceptors (Lipinski definition) is 6. The number of nitrogens with one attached hydrogen (secondary N) is 3. The van der Waals surface area contributed by atoms with Crippen molar-refractivity contribution in [2.75, 3.05) is 11.1 Å². The Hall–Kier alpha value is -2.38. The lowest BCUT2D eigenvalue weighted by Gasteiger charge is -2.24. The van der Waals surface area contributed by atoms with Gasteiger partial charge in [-0.25, -0.2) is 4.98 Å². The first-order chi connectivity index (χ1) is 9.26. The van der Waals surface area contributed by atoms with Gasteiger partial charge < -0.3 is 21.4 Å². The Morgan fingerprint density at radius 1 is 1.40 bits per heavy atom. The van der Waals surface area contributed by atoms with Crippen LogP contribution < -0.4 is 16.4 Å². The number of amides is 1. The number of aromatic amines is 1. The van der Waals surface area contributed by atoms with Gasteiger partial charge >= 0.3 is 0 Å². The maximum Gasteiger partial charge on any atom is 0.242 e. The average Bonchev–Trinajstić information content (AvgIpc) is 2.74. The van der Waals surface area contributed by atoms with E-state index in [1.807, 2.05) is 20.8 Å². The van der Waals surface area contributed by atoms with E-state index in [1.54, 1.807) is 6.92 Å². The minimum Gasteiger partial charge on any atom is -0.368 e.